The molecule has 0 atom stereocenters. The third kappa shape index (κ3) is 3.61. The Kier molecular flexibility index (Phi) is 4.32. The lowest BCUT2D eigenvalue weighted by Gasteiger charge is -2.14. The molecule has 8 heteroatoms. The molecule has 0 unspecified atom stereocenters. The lowest BCUT2D eigenvalue weighted by molar-refractivity contribution is -0.138. The molecule has 0 amide bonds. The minimum Gasteiger partial charge on any atom is -0.283 e. The monoisotopic (exact) mass is 345 g/mol. The zero-order valence-electron chi connectivity index (χ0n) is 9.55. The van der Waals surface area contributed by atoms with Gasteiger partial charge in [-0.05, 0) is 32.0 Å². The molecule has 1 N–H and O–H groups in total. The van der Waals surface area contributed by atoms with Gasteiger partial charge in [0.25, 0.3) is 0 Å². The van der Waals surface area contributed by atoms with Crippen molar-refractivity contribution < 1.29 is 21.6 Å². The van der Waals surface area contributed by atoms with Crippen LogP contribution in [0.4, 0.5) is 18.9 Å². The highest BCUT2D eigenvalue weighted by molar-refractivity contribution is 9.10. The maximum atomic E-state index is 12.6. The van der Waals surface area contributed by atoms with Crippen molar-refractivity contribution in [2.45, 2.75) is 25.3 Å². The molecule has 0 aliphatic rings. The van der Waals surface area contributed by atoms with Crippen LogP contribution >= 0.6 is 15.9 Å². The van der Waals surface area contributed by atoms with Gasteiger partial charge in [0.1, 0.15) is 0 Å². The summed E-state index contributed by atoms with van der Waals surface area (Å²) in [6.45, 7) is 2.87. The Balaban J connectivity index is 3.15. The normalized spacial score (nSPS) is 12.8. The van der Waals surface area contributed by atoms with E-state index in [-0.39, 0.29) is 10.2 Å². The topological polar surface area (TPSA) is 46.2 Å². The van der Waals surface area contributed by atoms with Gasteiger partial charge in [0.15, 0.2) is 0 Å². The SMILES string of the molecule is CC(C)S(=O)(=O)Nc1ccc(Br)c(C(F)(F)F)c1. The Morgan fingerprint density at radius 2 is 1.83 bits per heavy atom. The molecule has 1 rings (SSSR count). The Bertz CT molecular complexity index is 541. The van der Waals surface area contributed by atoms with Crippen molar-refractivity contribution in [1.82, 2.24) is 0 Å². The second-order valence-electron chi connectivity index (χ2n) is 3.89. The van der Waals surface area contributed by atoms with Gasteiger partial charge in [0.05, 0.1) is 10.8 Å². The number of rotatable bonds is 3. The van der Waals surface area contributed by atoms with E-state index in [4.69, 9.17) is 0 Å². The highest BCUT2D eigenvalue weighted by Gasteiger charge is 2.33. The first-order chi connectivity index (χ1) is 8.04. The maximum absolute atomic E-state index is 12.6. The molecule has 1 aromatic rings. The van der Waals surface area contributed by atoms with Crippen molar-refractivity contribution in [3.63, 3.8) is 0 Å². The van der Waals surface area contributed by atoms with Gasteiger partial charge in [0.2, 0.25) is 10.0 Å². The van der Waals surface area contributed by atoms with Crippen molar-refractivity contribution in [3.8, 4) is 0 Å². The van der Waals surface area contributed by atoms with E-state index in [0.29, 0.717) is 0 Å². The van der Waals surface area contributed by atoms with Crippen LogP contribution in [0.3, 0.4) is 0 Å². The molecular formula is C10H11BrF3NO2S. The van der Waals surface area contributed by atoms with Crippen molar-refractivity contribution in [2.75, 3.05) is 4.72 Å². The lowest BCUT2D eigenvalue weighted by Crippen LogP contribution is -2.22. The first-order valence-corrected chi connectivity index (χ1v) is 7.26. The van der Waals surface area contributed by atoms with E-state index >= 15 is 0 Å². The van der Waals surface area contributed by atoms with Crippen LogP contribution in [0.2, 0.25) is 0 Å². The van der Waals surface area contributed by atoms with E-state index in [1.54, 1.807) is 0 Å². The molecule has 0 saturated carbocycles. The summed E-state index contributed by atoms with van der Waals surface area (Å²) >= 11 is 2.78. The van der Waals surface area contributed by atoms with Crippen molar-refractivity contribution in [1.29, 1.82) is 0 Å². The number of sulfonamides is 1. The van der Waals surface area contributed by atoms with Gasteiger partial charge in [-0.3, -0.25) is 4.72 Å². The summed E-state index contributed by atoms with van der Waals surface area (Å²) in [6.07, 6.45) is -4.54. The quantitative estimate of drug-likeness (QED) is 0.909. The van der Waals surface area contributed by atoms with Crippen molar-refractivity contribution in [3.05, 3.63) is 28.2 Å². The number of nitrogens with one attached hydrogen (secondary N) is 1. The van der Waals surface area contributed by atoms with E-state index in [9.17, 15) is 21.6 Å². The summed E-state index contributed by atoms with van der Waals surface area (Å²) in [5.74, 6) is 0. The van der Waals surface area contributed by atoms with Crippen LogP contribution in [0.15, 0.2) is 22.7 Å². The predicted octanol–water partition coefficient (Wildman–Crippen LogP) is 3.62. The third-order valence-electron chi connectivity index (χ3n) is 2.15. The molecule has 0 bridgehead atoms. The van der Waals surface area contributed by atoms with Crippen molar-refractivity contribution in [2.24, 2.45) is 0 Å². The zero-order chi connectivity index (χ0) is 14.1. The number of halogens is 4. The number of benzene rings is 1. The summed E-state index contributed by atoms with van der Waals surface area (Å²) in [5.41, 5.74) is -1.04. The van der Waals surface area contributed by atoms with Gasteiger partial charge < -0.3 is 0 Å². The first-order valence-electron chi connectivity index (χ1n) is 4.92. The largest absolute Gasteiger partial charge is 0.417 e. The molecule has 0 radical (unpaired) electrons. The predicted molar refractivity (Wildman–Crippen MR) is 66.8 cm³/mol. The van der Waals surface area contributed by atoms with Gasteiger partial charge in [-0.15, -0.1) is 0 Å². The molecule has 0 spiro atoms. The Morgan fingerprint density at radius 3 is 2.28 bits per heavy atom. The smallest absolute Gasteiger partial charge is 0.283 e. The second kappa shape index (κ2) is 5.08. The molecule has 0 aliphatic heterocycles. The average molecular weight is 346 g/mol. The van der Waals surface area contributed by atoms with Crippen molar-refractivity contribution >= 4 is 31.6 Å². The molecule has 0 saturated heterocycles. The third-order valence-corrected chi connectivity index (χ3v) is 4.61. The second-order valence-corrected chi connectivity index (χ2v) is 6.98. The summed E-state index contributed by atoms with van der Waals surface area (Å²) in [6, 6.07) is 3.17. The zero-order valence-corrected chi connectivity index (χ0v) is 11.9. The number of anilines is 1. The average Bonchev–Trinajstić information content (AvgIpc) is 2.18. The van der Waals surface area contributed by atoms with Crippen LogP contribution in [0, 0.1) is 0 Å². The van der Waals surface area contributed by atoms with Gasteiger partial charge in [-0.25, -0.2) is 8.42 Å². The summed E-state index contributed by atoms with van der Waals surface area (Å²) < 4.78 is 62.9. The highest BCUT2D eigenvalue weighted by atomic mass is 79.9. The number of hydrogen-bond donors (Lipinski definition) is 1. The molecule has 0 aromatic heterocycles. The van der Waals surface area contributed by atoms with Gasteiger partial charge >= 0.3 is 6.18 Å². The Hall–Kier alpha value is -0.760. The molecule has 102 valence electrons. The number of hydrogen-bond acceptors (Lipinski definition) is 2. The summed E-state index contributed by atoms with van der Waals surface area (Å²) in [5, 5.41) is -0.726. The molecular weight excluding hydrogens is 335 g/mol. The molecule has 0 heterocycles. The van der Waals surface area contributed by atoms with Crippen LogP contribution in [0.5, 0.6) is 0 Å². The van der Waals surface area contributed by atoms with Crippen LogP contribution in [0.1, 0.15) is 19.4 Å². The fourth-order valence-corrected chi connectivity index (χ4v) is 2.25. The van der Waals surface area contributed by atoms with E-state index < -0.39 is 27.0 Å². The molecule has 1 aromatic carbocycles. The summed E-state index contributed by atoms with van der Waals surface area (Å²) in [4.78, 5) is 0. The molecule has 18 heavy (non-hydrogen) atoms. The van der Waals surface area contributed by atoms with E-state index in [0.717, 1.165) is 12.1 Å². The van der Waals surface area contributed by atoms with E-state index in [2.05, 4.69) is 20.7 Å². The van der Waals surface area contributed by atoms with Gasteiger partial charge in [-0.1, -0.05) is 15.9 Å². The lowest BCUT2D eigenvalue weighted by atomic mass is 10.2. The minimum atomic E-state index is -4.54. The standard InChI is InChI=1S/C10H11BrF3NO2S/c1-6(2)18(16,17)15-7-3-4-9(11)8(5-7)10(12,13)14/h3-6,15H,1-2H3. The Labute approximate surface area is 112 Å². The minimum absolute atomic E-state index is 0.112. The fourth-order valence-electron chi connectivity index (χ4n) is 1.09. The summed E-state index contributed by atoms with van der Waals surface area (Å²) in [7, 11) is -3.66. The van der Waals surface area contributed by atoms with Crippen LogP contribution in [-0.4, -0.2) is 13.7 Å². The highest BCUT2D eigenvalue weighted by Crippen LogP contribution is 2.36. The van der Waals surface area contributed by atoms with Crippen LogP contribution in [-0.2, 0) is 16.2 Å². The molecule has 0 aliphatic carbocycles. The van der Waals surface area contributed by atoms with E-state index in [1.807, 2.05) is 0 Å². The first kappa shape index (κ1) is 15.3. The Morgan fingerprint density at radius 1 is 1.28 bits per heavy atom. The van der Waals surface area contributed by atoms with E-state index in [1.165, 1.54) is 19.9 Å². The van der Waals surface area contributed by atoms with Gasteiger partial charge in [-0.2, -0.15) is 13.2 Å². The maximum Gasteiger partial charge on any atom is 0.417 e. The van der Waals surface area contributed by atoms with Crippen LogP contribution in [0.25, 0.3) is 0 Å². The fraction of sp³-hybridized carbons (Fsp3) is 0.400. The number of alkyl halides is 3. The molecule has 3 nitrogen and oxygen atoms in total. The molecule has 0 fully saturated rings. The van der Waals surface area contributed by atoms with Crippen LogP contribution < -0.4 is 4.72 Å². The van der Waals surface area contributed by atoms with Gasteiger partial charge in [0, 0.05) is 10.2 Å².